The quantitative estimate of drug-likeness (QED) is 0.452. The van der Waals surface area contributed by atoms with E-state index in [9.17, 15) is 0 Å². The van der Waals surface area contributed by atoms with Gasteiger partial charge in [0.05, 0.1) is 0 Å². The number of unbranched alkanes of at least 4 members (excludes halogenated alkanes) is 7. The van der Waals surface area contributed by atoms with E-state index in [0.717, 1.165) is 19.4 Å². The maximum atomic E-state index is 8.89. The maximum Gasteiger partial charge on any atom is 0.0467 e. The molecule has 0 saturated carbocycles. The molecule has 2 aromatic carbocycles. The zero-order valence-electron chi connectivity index (χ0n) is 20.4. The highest BCUT2D eigenvalue weighted by molar-refractivity contribution is 5.79. The lowest BCUT2D eigenvalue weighted by Gasteiger charge is -2.35. The molecule has 1 aliphatic rings. The summed E-state index contributed by atoms with van der Waals surface area (Å²) in [6, 6.07) is 13.8. The van der Waals surface area contributed by atoms with Gasteiger partial charge in [-0.3, -0.25) is 0 Å². The number of benzene rings is 2. The number of rotatable bonds is 12. The summed E-state index contributed by atoms with van der Waals surface area (Å²) in [5.41, 5.74) is 8.13. The second-order valence-electron chi connectivity index (χ2n) is 9.30. The van der Waals surface area contributed by atoms with Crippen molar-refractivity contribution in [1.82, 2.24) is 0 Å². The third-order valence-corrected chi connectivity index (χ3v) is 6.42. The van der Waals surface area contributed by atoms with Crippen molar-refractivity contribution in [1.29, 1.82) is 0 Å². The molecule has 2 aromatic rings. The molecule has 5 heteroatoms. The van der Waals surface area contributed by atoms with E-state index in [4.69, 9.17) is 5.11 Å². The first-order valence-corrected chi connectivity index (χ1v) is 12.0. The Balaban J connectivity index is 0.00000363. The van der Waals surface area contributed by atoms with Crippen LogP contribution in [0.25, 0.3) is 0 Å². The summed E-state index contributed by atoms with van der Waals surface area (Å²) in [6.45, 7) is 1.40. The molecule has 3 rings (SSSR count). The smallest absolute Gasteiger partial charge is 0.0467 e. The first-order chi connectivity index (χ1) is 15.0. The molecule has 1 aliphatic heterocycles. The summed E-state index contributed by atoms with van der Waals surface area (Å²) in [7, 11) is 8.47. The van der Waals surface area contributed by atoms with Crippen LogP contribution in [0, 0.1) is 0 Å². The van der Waals surface area contributed by atoms with E-state index < -0.39 is 0 Å². The van der Waals surface area contributed by atoms with Crippen molar-refractivity contribution in [2.45, 2.75) is 57.8 Å². The Labute approximate surface area is 206 Å². The molecular formula is C27H41BrN3O-. The van der Waals surface area contributed by atoms with Gasteiger partial charge in [-0.2, -0.15) is 0 Å². The first-order valence-electron chi connectivity index (χ1n) is 12.0. The second-order valence-corrected chi connectivity index (χ2v) is 9.30. The average Bonchev–Trinajstić information content (AvgIpc) is 2.76. The zero-order valence-corrected chi connectivity index (χ0v) is 22.0. The molecule has 0 amide bonds. The fourth-order valence-corrected chi connectivity index (χ4v) is 4.48. The fraction of sp³-hybridized carbons (Fsp3) is 0.556. The number of aliphatic hydroxyl groups is 1. The molecule has 0 fully saturated rings. The Hall–Kier alpha value is -1.72. The first kappa shape index (κ1) is 26.5. The molecule has 0 aromatic heterocycles. The summed E-state index contributed by atoms with van der Waals surface area (Å²) >= 11 is 0. The van der Waals surface area contributed by atoms with Crippen LogP contribution in [0.2, 0.25) is 0 Å². The Morgan fingerprint density at radius 2 is 1.12 bits per heavy atom. The van der Waals surface area contributed by atoms with Crippen LogP contribution >= 0.6 is 0 Å². The lowest BCUT2D eigenvalue weighted by molar-refractivity contribution is -0.00000760. The van der Waals surface area contributed by atoms with Gasteiger partial charge in [0.1, 0.15) is 0 Å². The summed E-state index contributed by atoms with van der Waals surface area (Å²) in [6.07, 6.45) is 10.8. The monoisotopic (exact) mass is 502 g/mol. The molecule has 0 unspecified atom stereocenters. The van der Waals surface area contributed by atoms with Gasteiger partial charge in [-0.1, -0.05) is 50.7 Å². The average molecular weight is 504 g/mol. The SMILES string of the molecule is CN(C)c1ccc2c(c1)N(CCCCCCCCCCO)c1cc(N(C)C)ccc1C2.[Br-]. The van der Waals surface area contributed by atoms with Crippen molar-refractivity contribution in [2.75, 3.05) is 56.0 Å². The number of nitrogens with zero attached hydrogens (tertiary/aromatic N) is 3. The van der Waals surface area contributed by atoms with Crippen molar-refractivity contribution < 1.29 is 22.1 Å². The second kappa shape index (κ2) is 13.1. The summed E-state index contributed by atoms with van der Waals surface area (Å²) in [5.74, 6) is 0. The highest BCUT2D eigenvalue weighted by Gasteiger charge is 2.23. The molecule has 178 valence electrons. The highest BCUT2D eigenvalue weighted by atomic mass is 79.9. The normalized spacial score (nSPS) is 12.1. The van der Waals surface area contributed by atoms with Gasteiger partial charge in [0.15, 0.2) is 0 Å². The van der Waals surface area contributed by atoms with Gasteiger partial charge in [0.2, 0.25) is 0 Å². The Kier molecular flexibility index (Phi) is 10.9. The van der Waals surface area contributed by atoms with Crippen LogP contribution in [0.4, 0.5) is 22.7 Å². The van der Waals surface area contributed by atoms with Crippen LogP contribution in [-0.2, 0) is 6.42 Å². The van der Waals surface area contributed by atoms with E-state index in [1.54, 1.807) is 0 Å². The van der Waals surface area contributed by atoms with E-state index in [2.05, 4.69) is 79.3 Å². The van der Waals surface area contributed by atoms with Crippen LogP contribution in [0.3, 0.4) is 0 Å². The molecule has 0 bridgehead atoms. The summed E-state index contributed by atoms with van der Waals surface area (Å²) in [4.78, 5) is 6.96. The van der Waals surface area contributed by atoms with Gasteiger partial charge in [0, 0.05) is 70.5 Å². The number of fused-ring (bicyclic) bond motifs is 2. The molecular weight excluding hydrogens is 462 g/mol. The third kappa shape index (κ3) is 6.89. The van der Waals surface area contributed by atoms with E-state index in [-0.39, 0.29) is 17.0 Å². The van der Waals surface area contributed by atoms with Crippen LogP contribution in [0.15, 0.2) is 36.4 Å². The molecule has 0 aliphatic carbocycles. The van der Waals surface area contributed by atoms with Gasteiger partial charge in [-0.25, -0.2) is 0 Å². The lowest BCUT2D eigenvalue weighted by atomic mass is 9.94. The van der Waals surface area contributed by atoms with Gasteiger partial charge in [0.25, 0.3) is 0 Å². The van der Waals surface area contributed by atoms with Crippen LogP contribution in [0.5, 0.6) is 0 Å². The molecule has 32 heavy (non-hydrogen) atoms. The number of hydrogen-bond acceptors (Lipinski definition) is 4. The number of aliphatic hydroxyl groups excluding tert-OH is 1. The van der Waals surface area contributed by atoms with Crippen LogP contribution in [-0.4, -0.2) is 46.4 Å². The van der Waals surface area contributed by atoms with Crippen LogP contribution in [0.1, 0.15) is 62.5 Å². The summed E-state index contributed by atoms with van der Waals surface area (Å²) < 4.78 is 0. The van der Waals surface area contributed by atoms with Crippen molar-refractivity contribution in [3.63, 3.8) is 0 Å². The molecule has 0 radical (unpaired) electrons. The predicted octanol–water partition coefficient (Wildman–Crippen LogP) is 2.98. The molecule has 4 nitrogen and oxygen atoms in total. The Bertz CT molecular complexity index is 780. The maximum absolute atomic E-state index is 8.89. The number of anilines is 4. The lowest BCUT2D eigenvalue weighted by Crippen LogP contribution is -3.00. The standard InChI is InChI=1S/C27H41N3O.BrH/c1-28(2)24-15-13-22-19-23-14-16-25(29(3)4)21-27(23)30(26(22)20-24)17-11-9-7-5-6-8-10-12-18-31;/h13-16,20-21,31H,5-12,17-19H2,1-4H3;1H/p-1. The minimum Gasteiger partial charge on any atom is -1.00 e. The Morgan fingerprint density at radius 3 is 1.56 bits per heavy atom. The van der Waals surface area contributed by atoms with Crippen molar-refractivity contribution in [3.8, 4) is 0 Å². The van der Waals surface area contributed by atoms with E-state index in [1.807, 2.05) is 0 Å². The molecule has 1 heterocycles. The topological polar surface area (TPSA) is 30.0 Å². The zero-order chi connectivity index (χ0) is 22.2. The molecule has 0 spiro atoms. The highest BCUT2D eigenvalue weighted by Crippen LogP contribution is 2.42. The van der Waals surface area contributed by atoms with Crippen LogP contribution < -0.4 is 31.7 Å². The van der Waals surface area contributed by atoms with Crippen molar-refractivity contribution in [2.24, 2.45) is 0 Å². The van der Waals surface area contributed by atoms with Gasteiger partial charge in [-0.15, -0.1) is 0 Å². The minimum absolute atomic E-state index is 0. The molecule has 0 saturated heterocycles. The van der Waals surface area contributed by atoms with Crippen molar-refractivity contribution >= 4 is 22.7 Å². The number of hydrogen-bond donors (Lipinski definition) is 1. The van der Waals surface area contributed by atoms with E-state index in [1.165, 1.54) is 78.8 Å². The Morgan fingerprint density at radius 1 is 0.688 bits per heavy atom. The minimum atomic E-state index is 0. The van der Waals surface area contributed by atoms with E-state index in [0.29, 0.717) is 6.61 Å². The summed E-state index contributed by atoms with van der Waals surface area (Å²) in [5, 5.41) is 8.89. The fourth-order valence-electron chi connectivity index (χ4n) is 4.48. The van der Waals surface area contributed by atoms with Gasteiger partial charge in [-0.05, 0) is 48.2 Å². The van der Waals surface area contributed by atoms with Crippen molar-refractivity contribution in [3.05, 3.63) is 47.5 Å². The molecule has 1 N–H and O–H groups in total. The van der Waals surface area contributed by atoms with Gasteiger partial charge < -0.3 is 36.8 Å². The molecule has 0 atom stereocenters. The van der Waals surface area contributed by atoms with E-state index >= 15 is 0 Å². The third-order valence-electron chi connectivity index (χ3n) is 6.42. The predicted molar refractivity (Wildman–Crippen MR) is 135 cm³/mol. The largest absolute Gasteiger partial charge is 1.00 e. The van der Waals surface area contributed by atoms with Gasteiger partial charge >= 0.3 is 0 Å². The number of halogens is 1.